The van der Waals surface area contributed by atoms with Crippen LogP contribution in [0.25, 0.3) is 0 Å². The topological polar surface area (TPSA) is 78.3 Å². The number of nitrogens with one attached hydrogen (secondary N) is 1. The Kier molecular flexibility index (Phi) is 6.70. The molecule has 31 heavy (non-hydrogen) atoms. The minimum atomic E-state index is -0.421. The molecule has 7 nitrogen and oxygen atoms in total. The van der Waals surface area contributed by atoms with Crippen molar-refractivity contribution in [3.05, 3.63) is 71.0 Å². The first-order valence-corrected chi connectivity index (χ1v) is 11.1. The van der Waals surface area contributed by atoms with E-state index in [9.17, 15) is 4.79 Å². The average Bonchev–Trinajstić information content (AvgIpc) is 3.18. The molecular formula is C21H18Cl2N4O3S. The van der Waals surface area contributed by atoms with Gasteiger partial charge in [0.25, 0.3) is 0 Å². The van der Waals surface area contributed by atoms with Crippen molar-refractivity contribution in [1.29, 1.82) is 0 Å². The zero-order valence-corrected chi connectivity index (χ0v) is 18.6. The molecule has 160 valence electrons. The number of carbonyl (C=O) groups excluding carboxylic acids is 1. The fraction of sp³-hybridized carbons (Fsp3) is 0.190. The minimum Gasteiger partial charge on any atom is -0.485 e. The molecule has 0 bridgehead atoms. The van der Waals surface area contributed by atoms with Gasteiger partial charge in [-0.25, -0.2) is 0 Å². The Balaban J connectivity index is 1.46. The van der Waals surface area contributed by atoms with Gasteiger partial charge in [-0.2, -0.15) is 0 Å². The summed E-state index contributed by atoms with van der Waals surface area (Å²) in [6.07, 6.45) is 1.32. The van der Waals surface area contributed by atoms with Crippen molar-refractivity contribution in [2.24, 2.45) is 0 Å². The maximum Gasteiger partial charge on any atom is 0.234 e. The van der Waals surface area contributed by atoms with Crippen LogP contribution >= 0.6 is 35.0 Å². The molecule has 0 saturated carbocycles. The van der Waals surface area contributed by atoms with Gasteiger partial charge in [0.15, 0.2) is 28.6 Å². The third-order valence-corrected chi connectivity index (χ3v) is 6.20. The van der Waals surface area contributed by atoms with Crippen molar-refractivity contribution in [2.45, 2.75) is 17.8 Å². The second-order valence-corrected chi connectivity index (χ2v) is 8.27. The number of carbonyl (C=O) groups is 1. The molecule has 4 rings (SSSR count). The van der Waals surface area contributed by atoms with E-state index < -0.39 is 6.10 Å². The van der Waals surface area contributed by atoms with Gasteiger partial charge in [0, 0.05) is 6.54 Å². The molecule has 0 spiro atoms. The van der Waals surface area contributed by atoms with Crippen LogP contribution in [0.4, 0.5) is 5.69 Å². The predicted molar refractivity (Wildman–Crippen MR) is 121 cm³/mol. The van der Waals surface area contributed by atoms with Gasteiger partial charge in [-0.3, -0.25) is 9.36 Å². The molecule has 1 atom stereocenters. The molecule has 1 aliphatic heterocycles. The number of ether oxygens (including phenoxy) is 2. The van der Waals surface area contributed by atoms with Crippen LogP contribution in [0.3, 0.4) is 0 Å². The van der Waals surface area contributed by atoms with Gasteiger partial charge in [0.05, 0.1) is 21.5 Å². The molecule has 0 aliphatic carbocycles. The second-order valence-electron chi connectivity index (χ2n) is 6.54. The van der Waals surface area contributed by atoms with Gasteiger partial charge in [0.2, 0.25) is 5.91 Å². The zero-order chi connectivity index (χ0) is 21.8. The Morgan fingerprint density at radius 1 is 1.23 bits per heavy atom. The van der Waals surface area contributed by atoms with Crippen molar-refractivity contribution in [3.63, 3.8) is 0 Å². The number of hydrogen-bond acceptors (Lipinski definition) is 6. The highest BCUT2D eigenvalue weighted by Crippen LogP contribution is 2.36. The summed E-state index contributed by atoms with van der Waals surface area (Å²) in [6.45, 7) is 4.58. The van der Waals surface area contributed by atoms with Crippen LogP contribution in [0.1, 0.15) is 11.9 Å². The van der Waals surface area contributed by atoms with E-state index in [0.29, 0.717) is 51.4 Å². The molecule has 1 aromatic heterocycles. The van der Waals surface area contributed by atoms with Gasteiger partial charge in [0.1, 0.15) is 6.61 Å². The monoisotopic (exact) mass is 476 g/mol. The number of anilines is 1. The van der Waals surface area contributed by atoms with Crippen LogP contribution in [0, 0.1) is 0 Å². The van der Waals surface area contributed by atoms with Crippen LogP contribution in [0.2, 0.25) is 10.0 Å². The molecule has 1 N–H and O–H groups in total. The standard InChI is InChI=1S/C21H18Cl2N4O3S/c1-2-10-27-20(17-11-29-15-8-3-4-9-16(15)30-17)25-26-21(27)31-12-18(28)24-14-7-5-6-13(22)19(14)23/h2-9,17H,1,10-12H2,(H,24,28). The largest absolute Gasteiger partial charge is 0.485 e. The van der Waals surface area contributed by atoms with E-state index in [2.05, 4.69) is 22.1 Å². The van der Waals surface area contributed by atoms with E-state index in [1.54, 1.807) is 24.3 Å². The number of benzene rings is 2. The van der Waals surface area contributed by atoms with Crippen LogP contribution in [-0.4, -0.2) is 33.0 Å². The fourth-order valence-corrected chi connectivity index (χ4v) is 4.11. The molecule has 0 radical (unpaired) electrons. The Bertz CT molecular complexity index is 1120. The van der Waals surface area contributed by atoms with E-state index in [1.807, 2.05) is 28.8 Å². The van der Waals surface area contributed by atoms with Crippen molar-refractivity contribution in [1.82, 2.24) is 14.8 Å². The normalized spacial score (nSPS) is 14.8. The van der Waals surface area contributed by atoms with E-state index in [-0.39, 0.29) is 11.7 Å². The number of allylic oxidation sites excluding steroid dienone is 1. The number of aromatic nitrogens is 3. The lowest BCUT2D eigenvalue weighted by molar-refractivity contribution is -0.113. The number of fused-ring (bicyclic) bond motifs is 1. The number of nitrogens with zero attached hydrogens (tertiary/aromatic N) is 3. The molecule has 0 saturated heterocycles. The van der Waals surface area contributed by atoms with Crippen molar-refractivity contribution >= 4 is 46.6 Å². The van der Waals surface area contributed by atoms with Crippen LogP contribution in [-0.2, 0) is 11.3 Å². The third kappa shape index (κ3) is 4.81. The average molecular weight is 477 g/mol. The summed E-state index contributed by atoms with van der Waals surface area (Å²) in [4.78, 5) is 12.4. The maximum absolute atomic E-state index is 12.4. The molecule has 0 fully saturated rings. The van der Waals surface area contributed by atoms with E-state index in [4.69, 9.17) is 32.7 Å². The van der Waals surface area contributed by atoms with Crippen molar-refractivity contribution in [2.75, 3.05) is 17.7 Å². The molecule has 3 aromatic rings. The van der Waals surface area contributed by atoms with Gasteiger partial charge in [-0.05, 0) is 24.3 Å². The van der Waals surface area contributed by atoms with Gasteiger partial charge in [-0.1, -0.05) is 59.2 Å². The quantitative estimate of drug-likeness (QED) is 0.381. The Hall–Kier alpha value is -2.68. The lowest BCUT2D eigenvalue weighted by Gasteiger charge is -2.26. The van der Waals surface area contributed by atoms with Crippen LogP contribution in [0.5, 0.6) is 11.5 Å². The maximum atomic E-state index is 12.4. The summed E-state index contributed by atoms with van der Waals surface area (Å²) < 4.78 is 13.7. The highest BCUT2D eigenvalue weighted by molar-refractivity contribution is 7.99. The van der Waals surface area contributed by atoms with E-state index in [1.165, 1.54) is 11.8 Å². The number of amides is 1. The zero-order valence-electron chi connectivity index (χ0n) is 16.3. The summed E-state index contributed by atoms with van der Waals surface area (Å²) in [7, 11) is 0. The summed E-state index contributed by atoms with van der Waals surface area (Å²) in [5.74, 6) is 1.83. The fourth-order valence-electron chi connectivity index (χ4n) is 3.01. The van der Waals surface area contributed by atoms with Crippen molar-refractivity contribution in [3.8, 4) is 11.5 Å². The molecule has 10 heteroatoms. The number of hydrogen-bond donors (Lipinski definition) is 1. The highest BCUT2D eigenvalue weighted by Gasteiger charge is 2.28. The van der Waals surface area contributed by atoms with Gasteiger partial charge in [-0.15, -0.1) is 16.8 Å². The third-order valence-electron chi connectivity index (χ3n) is 4.41. The first kappa shape index (κ1) is 21.5. The number of para-hydroxylation sites is 2. The molecule has 1 amide bonds. The summed E-state index contributed by atoms with van der Waals surface area (Å²) >= 11 is 13.4. The molecule has 1 unspecified atom stereocenters. The molecular weight excluding hydrogens is 459 g/mol. The Labute approximate surface area is 193 Å². The second kappa shape index (κ2) is 9.64. The van der Waals surface area contributed by atoms with Crippen LogP contribution in [0.15, 0.2) is 60.3 Å². The molecule has 2 aromatic carbocycles. The number of halogens is 2. The lowest BCUT2D eigenvalue weighted by Crippen LogP contribution is -2.25. The smallest absolute Gasteiger partial charge is 0.234 e. The molecule has 2 heterocycles. The number of thioether (sulfide) groups is 1. The van der Waals surface area contributed by atoms with E-state index in [0.717, 1.165) is 0 Å². The Morgan fingerprint density at radius 3 is 2.84 bits per heavy atom. The van der Waals surface area contributed by atoms with Crippen LogP contribution < -0.4 is 14.8 Å². The first-order chi connectivity index (χ1) is 15.1. The Morgan fingerprint density at radius 2 is 2.03 bits per heavy atom. The lowest BCUT2D eigenvalue weighted by atomic mass is 10.2. The summed E-state index contributed by atoms with van der Waals surface area (Å²) in [6, 6.07) is 12.5. The van der Waals surface area contributed by atoms with Gasteiger partial charge >= 0.3 is 0 Å². The number of rotatable bonds is 7. The van der Waals surface area contributed by atoms with E-state index >= 15 is 0 Å². The minimum absolute atomic E-state index is 0.114. The highest BCUT2D eigenvalue weighted by atomic mass is 35.5. The predicted octanol–water partition coefficient (Wildman–Crippen LogP) is 5.01. The summed E-state index contributed by atoms with van der Waals surface area (Å²) in [5, 5.41) is 12.5. The first-order valence-electron chi connectivity index (χ1n) is 9.36. The van der Waals surface area contributed by atoms with Crippen molar-refractivity contribution < 1.29 is 14.3 Å². The summed E-state index contributed by atoms with van der Waals surface area (Å²) in [5.41, 5.74) is 0.458. The van der Waals surface area contributed by atoms with Gasteiger partial charge < -0.3 is 14.8 Å². The SMILES string of the molecule is C=CCn1c(SCC(=O)Nc2cccc(Cl)c2Cl)nnc1C1COc2ccccc2O1. The molecule has 1 aliphatic rings.